The average Bonchev–Trinajstić information content (AvgIpc) is 2.93. The Labute approximate surface area is 136 Å². The van der Waals surface area contributed by atoms with E-state index in [9.17, 15) is 0 Å². The Hall–Kier alpha value is -2.36. The van der Waals surface area contributed by atoms with Crippen molar-refractivity contribution < 1.29 is 0 Å². The van der Waals surface area contributed by atoms with Gasteiger partial charge in [0.15, 0.2) is 0 Å². The summed E-state index contributed by atoms with van der Waals surface area (Å²) in [6.45, 7) is 2.18. The van der Waals surface area contributed by atoms with Crippen LogP contribution in [0.2, 0.25) is 0 Å². The van der Waals surface area contributed by atoms with E-state index >= 15 is 0 Å². The third-order valence-electron chi connectivity index (χ3n) is 4.99. The molecule has 0 atom stereocenters. The summed E-state index contributed by atoms with van der Waals surface area (Å²) in [5.41, 5.74) is 4.86. The van der Waals surface area contributed by atoms with Gasteiger partial charge in [0.05, 0.1) is 5.39 Å². The molecule has 0 radical (unpaired) electrons. The number of hydrogen-bond acceptors (Lipinski definition) is 3. The third kappa shape index (κ3) is 2.29. The molecule has 0 aliphatic heterocycles. The van der Waals surface area contributed by atoms with Crippen LogP contribution in [0.25, 0.3) is 22.2 Å². The maximum Gasteiger partial charge on any atom is 0.146 e. The molecule has 4 heteroatoms. The zero-order chi connectivity index (χ0) is 15.8. The fourth-order valence-electron chi connectivity index (χ4n) is 3.36. The van der Waals surface area contributed by atoms with Gasteiger partial charge in [0.2, 0.25) is 0 Å². The van der Waals surface area contributed by atoms with Crippen LogP contribution in [0.5, 0.6) is 0 Å². The van der Waals surface area contributed by atoms with Gasteiger partial charge in [0.1, 0.15) is 17.8 Å². The minimum atomic E-state index is 0.584. The van der Waals surface area contributed by atoms with Crippen LogP contribution in [-0.2, 0) is 6.42 Å². The molecule has 3 aromatic rings. The second-order valence-electron chi connectivity index (χ2n) is 6.26. The van der Waals surface area contributed by atoms with Crippen molar-refractivity contribution in [1.82, 2.24) is 14.5 Å². The molecule has 1 saturated carbocycles. The maximum atomic E-state index is 4.58. The highest BCUT2D eigenvalue weighted by Crippen LogP contribution is 2.40. The van der Waals surface area contributed by atoms with E-state index in [2.05, 4.69) is 57.2 Å². The molecule has 0 unspecified atom stereocenters. The second kappa shape index (κ2) is 5.69. The molecule has 4 nitrogen and oxygen atoms in total. The van der Waals surface area contributed by atoms with Crippen LogP contribution in [0.4, 0.5) is 5.82 Å². The van der Waals surface area contributed by atoms with Crippen LogP contribution in [-0.4, -0.2) is 21.6 Å². The summed E-state index contributed by atoms with van der Waals surface area (Å²) >= 11 is 0. The monoisotopic (exact) mass is 306 g/mol. The minimum absolute atomic E-state index is 0.584. The van der Waals surface area contributed by atoms with Crippen molar-refractivity contribution in [3.63, 3.8) is 0 Å². The lowest BCUT2D eigenvalue weighted by Crippen LogP contribution is -2.16. The zero-order valence-corrected chi connectivity index (χ0v) is 13.7. The Morgan fingerprint density at radius 3 is 2.57 bits per heavy atom. The highest BCUT2D eigenvalue weighted by molar-refractivity contribution is 6.01. The van der Waals surface area contributed by atoms with E-state index in [1.54, 1.807) is 6.33 Å². The number of benzene rings is 1. The van der Waals surface area contributed by atoms with Crippen molar-refractivity contribution >= 4 is 16.9 Å². The molecule has 118 valence electrons. The van der Waals surface area contributed by atoms with Crippen LogP contribution in [0.3, 0.4) is 0 Å². The molecule has 1 aliphatic rings. The van der Waals surface area contributed by atoms with Crippen LogP contribution in [0, 0.1) is 0 Å². The molecule has 23 heavy (non-hydrogen) atoms. The van der Waals surface area contributed by atoms with Gasteiger partial charge in [-0.3, -0.25) is 0 Å². The van der Waals surface area contributed by atoms with Crippen LogP contribution in [0.15, 0.2) is 36.8 Å². The van der Waals surface area contributed by atoms with Gasteiger partial charge in [-0.05, 0) is 36.8 Å². The van der Waals surface area contributed by atoms with E-state index in [-0.39, 0.29) is 0 Å². The number of aromatic nitrogens is 3. The average molecular weight is 306 g/mol. The van der Waals surface area contributed by atoms with E-state index in [0.717, 1.165) is 23.3 Å². The van der Waals surface area contributed by atoms with Gasteiger partial charge in [-0.25, -0.2) is 9.97 Å². The Morgan fingerprint density at radius 2 is 1.96 bits per heavy atom. The molecule has 2 heterocycles. The predicted octanol–water partition coefficient (Wildman–Crippen LogP) is 4.43. The SMILES string of the molecule is CCc1ccc(-c2cn(C3CCC3)c3ncnc(NC)c23)cc1. The summed E-state index contributed by atoms with van der Waals surface area (Å²) in [6.07, 6.45) is 8.80. The number of fused-ring (bicyclic) bond motifs is 1. The molecule has 4 rings (SSSR count). The van der Waals surface area contributed by atoms with Gasteiger partial charge in [0, 0.05) is 24.8 Å². The number of rotatable bonds is 4. The quantitative estimate of drug-likeness (QED) is 0.775. The summed E-state index contributed by atoms with van der Waals surface area (Å²) in [4.78, 5) is 9.01. The number of nitrogens with one attached hydrogen (secondary N) is 1. The van der Waals surface area contributed by atoms with Gasteiger partial charge in [-0.15, -0.1) is 0 Å². The largest absolute Gasteiger partial charge is 0.372 e. The molecule has 2 aromatic heterocycles. The highest BCUT2D eigenvalue weighted by Gasteiger charge is 2.24. The molecule has 0 saturated heterocycles. The summed E-state index contributed by atoms with van der Waals surface area (Å²) in [5, 5.41) is 4.36. The lowest BCUT2D eigenvalue weighted by molar-refractivity contribution is 0.320. The molecule has 1 fully saturated rings. The molecule has 1 aromatic carbocycles. The van der Waals surface area contributed by atoms with E-state index < -0.39 is 0 Å². The molecular weight excluding hydrogens is 284 g/mol. The lowest BCUT2D eigenvalue weighted by Gasteiger charge is -2.27. The second-order valence-corrected chi connectivity index (χ2v) is 6.26. The molecule has 0 amide bonds. The summed E-state index contributed by atoms with van der Waals surface area (Å²) in [7, 11) is 1.92. The van der Waals surface area contributed by atoms with Gasteiger partial charge < -0.3 is 9.88 Å². The highest BCUT2D eigenvalue weighted by atomic mass is 15.1. The Balaban J connectivity index is 1.93. The van der Waals surface area contributed by atoms with Gasteiger partial charge in [0.25, 0.3) is 0 Å². The van der Waals surface area contributed by atoms with Gasteiger partial charge in [-0.1, -0.05) is 31.2 Å². The summed E-state index contributed by atoms with van der Waals surface area (Å²) in [5.74, 6) is 0.905. The van der Waals surface area contributed by atoms with Crippen LogP contribution >= 0.6 is 0 Å². The Morgan fingerprint density at radius 1 is 1.17 bits per heavy atom. The normalized spacial score (nSPS) is 14.9. The first kappa shape index (κ1) is 14.2. The smallest absolute Gasteiger partial charge is 0.146 e. The summed E-state index contributed by atoms with van der Waals surface area (Å²) in [6, 6.07) is 9.44. The fraction of sp³-hybridized carbons (Fsp3) is 0.368. The van der Waals surface area contributed by atoms with Crippen molar-refractivity contribution in [3.05, 3.63) is 42.4 Å². The number of anilines is 1. The Kier molecular flexibility index (Phi) is 3.52. The summed E-state index contributed by atoms with van der Waals surface area (Å²) < 4.78 is 2.35. The lowest BCUT2D eigenvalue weighted by atomic mass is 9.93. The molecular formula is C19H22N4. The molecule has 1 N–H and O–H groups in total. The predicted molar refractivity (Wildman–Crippen MR) is 94.8 cm³/mol. The fourth-order valence-corrected chi connectivity index (χ4v) is 3.36. The van der Waals surface area contributed by atoms with Crippen molar-refractivity contribution in [2.45, 2.75) is 38.6 Å². The first-order valence-electron chi connectivity index (χ1n) is 8.44. The van der Waals surface area contributed by atoms with Crippen molar-refractivity contribution in [1.29, 1.82) is 0 Å². The van der Waals surface area contributed by atoms with E-state index in [0.29, 0.717) is 6.04 Å². The third-order valence-corrected chi connectivity index (χ3v) is 4.99. The standard InChI is InChI=1S/C19H22N4/c1-3-13-7-9-14(10-8-13)16-11-23(15-5-4-6-15)19-17(16)18(20-2)21-12-22-19/h7-12,15H,3-6H2,1-2H3,(H,20,21,22). The number of hydrogen-bond donors (Lipinski definition) is 1. The number of nitrogens with zero attached hydrogens (tertiary/aromatic N) is 3. The maximum absolute atomic E-state index is 4.58. The zero-order valence-electron chi connectivity index (χ0n) is 13.7. The van der Waals surface area contributed by atoms with Crippen molar-refractivity contribution in [2.24, 2.45) is 0 Å². The van der Waals surface area contributed by atoms with Crippen molar-refractivity contribution in [3.8, 4) is 11.1 Å². The Bertz CT molecular complexity index is 828. The van der Waals surface area contributed by atoms with Crippen LogP contribution < -0.4 is 5.32 Å². The molecule has 0 bridgehead atoms. The van der Waals surface area contributed by atoms with Gasteiger partial charge >= 0.3 is 0 Å². The topological polar surface area (TPSA) is 42.7 Å². The van der Waals surface area contributed by atoms with Crippen LogP contribution in [0.1, 0.15) is 37.8 Å². The first-order chi connectivity index (χ1) is 11.3. The molecule has 1 aliphatic carbocycles. The van der Waals surface area contributed by atoms with E-state index in [1.165, 1.54) is 36.0 Å². The van der Waals surface area contributed by atoms with Crippen molar-refractivity contribution in [2.75, 3.05) is 12.4 Å². The minimum Gasteiger partial charge on any atom is -0.372 e. The van der Waals surface area contributed by atoms with E-state index in [1.807, 2.05) is 7.05 Å². The van der Waals surface area contributed by atoms with Gasteiger partial charge in [-0.2, -0.15) is 0 Å². The van der Waals surface area contributed by atoms with E-state index in [4.69, 9.17) is 0 Å². The first-order valence-corrected chi connectivity index (χ1v) is 8.44. The number of aryl methyl sites for hydroxylation is 1. The molecule has 0 spiro atoms.